The molecule has 0 aromatic heterocycles. The first-order valence-corrected chi connectivity index (χ1v) is 8.95. The average molecular weight is 302 g/mol. The van der Waals surface area contributed by atoms with Gasteiger partial charge in [0.25, 0.3) is 0 Å². The van der Waals surface area contributed by atoms with Crippen molar-refractivity contribution in [3.05, 3.63) is 29.8 Å². The van der Waals surface area contributed by atoms with E-state index in [1.807, 2.05) is 0 Å². The summed E-state index contributed by atoms with van der Waals surface area (Å²) in [5.41, 5.74) is 2.76. The third-order valence-electron chi connectivity index (χ3n) is 5.33. The third-order valence-corrected chi connectivity index (χ3v) is 5.33. The molecule has 0 amide bonds. The highest BCUT2D eigenvalue weighted by Crippen LogP contribution is 2.27. The molecule has 1 aromatic carbocycles. The van der Waals surface area contributed by atoms with Gasteiger partial charge in [-0.1, -0.05) is 37.5 Å². The van der Waals surface area contributed by atoms with Crippen LogP contribution < -0.4 is 4.90 Å². The quantitative estimate of drug-likeness (QED) is 0.905. The van der Waals surface area contributed by atoms with Crippen LogP contribution >= 0.6 is 0 Å². The molecule has 1 aliphatic carbocycles. The van der Waals surface area contributed by atoms with E-state index >= 15 is 0 Å². The summed E-state index contributed by atoms with van der Waals surface area (Å²) in [4.78, 5) is 4.76. The van der Waals surface area contributed by atoms with Crippen molar-refractivity contribution < 1.29 is 5.11 Å². The smallest absolute Gasteiger partial charge is 0.0841 e. The van der Waals surface area contributed by atoms with Gasteiger partial charge in [0.05, 0.1) is 6.10 Å². The van der Waals surface area contributed by atoms with E-state index in [4.69, 9.17) is 0 Å². The minimum atomic E-state index is -0.266. The molecule has 2 aliphatic rings. The van der Waals surface area contributed by atoms with Crippen molar-refractivity contribution in [2.24, 2.45) is 0 Å². The molecule has 0 radical (unpaired) electrons. The van der Waals surface area contributed by atoms with Gasteiger partial charge in [-0.25, -0.2) is 0 Å². The predicted molar refractivity (Wildman–Crippen MR) is 92.5 cm³/mol. The van der Waals surface area contributed by atoms with E-state index < -0.39 is 0 Å². The van der Waals surface area contributed by atoms with E-state index in [0.29, 0.717) is 6.04 Å². The van der Waals surface area contributed by atoms with Crippen LogP contribution in [0.25, 0.3) is 0 Å². The first kappa shape index (κ1) is 15.8. The van der Waals surface area contributed by atoms with E-state index in [2.05, 4.69) is 41.1 Å². The van der Waals surface area contributed by atoms with Crippen LogP contribution in [0.4, 0.5) is 5.69 Å². The van der Waals surface area contributed by atoms with Gasteiger partial charge in [-0.15, -0.1) is 0 Å². The van der Waals surface area contributed by atoms with Gasteiger partial charge in [-0.05, 0) is 44.4 Å². The molecule has 1 fully saturated rings. The molecule has 0 bridgehead atoms. The molecule has 0 spiro atoms. The van der Waals surface area contributed by atoms with Gasteiger partial charge in [-0.3, -0.25) is 0 Å². The number of rotatable bonds is 5. The third kappa shape index (κ3) is 3.82. The molecule has 1 aliphatic heterocycles. The molecule has 1 atom stereocenters. The van der Waals surface area contributed by atoms with E-state index in [9.17, 15) is 5.11 Å². The van der Waals surface area contributed by atoms with Crippen LogP contribution in [0.15, 0.2) is 24.3 Å². The lowest BCUT2D eigenvalue weighted by molar-refractivity contribution is 0.0947. The number of anilines is 1. The van der Waals surface area contributed by atoms with Crippen molar-refractivity contribution in [2.75, 3.05) is 31.6 Å². The Hall–Kier alpha value is -1.06. The Balaban J connectivity index is 1.54. The van der Waals surface area contributed by atoms with Crippen LogP contribution in [-0.2, 0) is 6.42 Å². The highest BCUT2D eigenvalue weighted by molar-refractivity contribution is 5.55. The van der Waals surface area contributed by atoms with Crippen LogP contribution in [0.2, 0.25) is 0 Å². The summed E-state index contributed by atoms with van der Waals surface area (Å²) in [6, 6.07) is 9.33. The highest BCUT2D eigenvalue weighted by atomic mass is 16.3. The summed E-state index contributed by atoms with van der Waals surface area (Å²) >= 11 is 0. The van der Waals surface area contributed by atoms with Gasteiger partial charge in [0.15, 0.2) is 0 Å². The molecule has 1 saturated carbocycles. The number of nitrogens with zero attached hydrogens (tertiary/aromatic N) is 2. The average Bonchev–Trinajstić information content (AvgIpc) is 2.56. The molecule has 1 N–H and O–H groups in total. The fourth-order valence-electron chi connectivity index (χ4n) is 4.12. The number of β-amino-alcohol motifs (C(OH)–C–C–N with tert-alkyl or cyclic N) is 1. The Morgan fingerprint density at radius 2 is 1.95 bits per heavy atom. The molecule has 3 nitrogen and oxygen atoms in total. The number of hydrogen-bond acceptors (Lipinski definition) is 3. The number of aryl methyl sites for hydroxylation is 1. The zero-order valence-electron chi connectivity index (χ0n) is 13.9. The first-order valence-electron chi connectivity index (χ1n) is 8.95. The minimum Gasteiger partial charge on any atom is -0.390 e. The lowest BCUT2D eigenvalue weighted by Crippen LogP contribution is -2.44. The minimum absolute atomic E-state index is 0.266. The van der Waals surface area contributed by atoms with Gasteiger partial charge in [0.2, 0.25) is 0 Å². The maximum Gasteiger partial charge on any atom is 0.0841 e. The number of para-hydroxylation sites is 1. The summed E-state index contributed by atoms with van der Waals surface area (Å²) in [5.74, 6) is 0. The van der Waals surface area contributed by atoms with Crippen LogP contribution in [0.1, 0.15) is 44.1 Å². The van der Waals surface area contributed by atoms with E-state index in [0.717, 1.165) is 19.6 Å². The van der Waals surface area contributed by atoms with Crippen molar-refractivity contribution in [3.8, 4) is 0 Å². The fourth-order valence-corrected chi connectivity index (χ4v) is 4.12. The molecule has 0 saturated heterocycles. The van der Waals surface area contributed by atoms with Gasteiger partial charge in [0.1, 0.15) is 0 Å². The monoisotopic (exact) mass is 302 g/mol. The summed E-state index contributed by atoms with van der Waals surface area (Å²) in [6.07, 6.45) is 8.79. The Labute approximate surface area is 134 Å². The van der Waals surface area contributed by atoms with Gasteiger partial charge in [0, 0.05) is 31.4 Å². The van der Waals surface area contributed by atoms with Gasteiger partial charge in [-0.2, -0.15) is 0 Å². The lowest BCUT2D eigenvalue weighted by Gasteiger charge is -2.36. The van der Waals surface area contributed by atoms with Crippen LogP contribution in [0.5, 0.6) is 0 Å². The summed E-state index contributed by atoms with van der Waals surface area (Å²) in [7, 11) is 2.18. The maximum absolute atomic E-state index is 10.5. The zero-order valence-corrected chi connectivity index (χ0v) is 13.9. The summed E-state index contributed by atoms with van der Waals surface area (Å²) in [6.45, 7) is 2.62. The van der Waals surface area contributed by atoms with Gasteiger partial charge >= 0.3 is 0 Å². The second-order valence-electron chi connectivity index (χ2n) is 7.06. The molecular weight excluding hydrogens is 272 g/mol. The van der Waals surface area contributed by atoms with Crippen molar-refractivity contribution >= 4 is 5.69 Å². The fraction of sp³-hybridized carbons (Fsp3) is 0.684. The highest BCUT2D eigenvalue weighted by Gasteiger charge is 2.23. The second kappa shape index (κ2) is 7.47. The zero-order chi connectivity index (χ0) is 15.4. The summed E-state index contributed by atoms with van der Waals surface area (Å²) in [5, 5.41) is 10.5. The molecule has 3 rings (SSSR count). The topological polar surface area (TPSA) is 26.7 Å². The van der Waals surface area contributed by atoms with E-state index in [-0.39, 0.29) is 6.10 Å². The normalized spacial score (nSPS) is 21.0. The molecular formula is C19H30N2O. The molecule has 122 valence electrons. The SMILES string of the molecule is CN(CC(O)CN1CCCc2ccccc21)C1CCCCC1. The molecule has 22 heavy (non-hydrogen) atoms. The summed E-state index contributed by atoms with van der Waals surface area (Å²) < 4.78 is 0. The Kier molecular flexibility index (Phi) is 5.37. The largest absolute Gasteiger partial charge is 0.390 e. The standard InChI is InChI=1S/C19H30N2O/c1-20(17-10-3-2-4-11-17)14-18(22)15-21-13-7-9-16-8-5-6-12-19(16)21/h5-6,8,12,17-18,22H,2-4,7,9-11,13-15H2,1H3. The predicted octanol–water partition coefficient (Wildman–Crippen LogP) is 3.06. The second-order valence-corrected chi connectivity index (χ2v) is 7.06. The molecule has 1 unspecified atom stereocenters. The van der Waals surface area contributed by atoms with Crippen molar-refractivity contribution in [2.45, 2.75) is 57.1 Å². The molecule has 1 aromatic rings. The Morgan fingerprint density at radius 3 is 2.77 bits per heavy atom. The van der Waals surface area contributed by atoms with Gasteiger partial charge < -0.3 is 14.9 Å². The van der Waals surface area contributed by atoms with Crippen molar-refractivity contribution in [1.82, 2.24) is 4.90 Å². The lowest BCUT2D eigenvalue weighted by atomic mass is 9.94. The Bertz CT molecular complexity index is 470. The molecule has 1 heterocycles. The number of hydrogen-bond donors (Lipinski definition) is 1. The number of fused-ring (bicyclic) bond motifs is 1. The Morgan fingerprint density at radius 1 is 1.18 bits per heavy atom. The van der Waals surface area contributed by atoms with Crippen LogP contribution in [-0.4, -0.2) is 48.8 Å². The van der Waals surface area contributed by atoms with Crippen molar-refractivity contribution in [3.63, 3.8) is 0 Å². The van der Waals surface area contributed by atoms with Crippen molar-refractivity contribution in [1.29, 1.82) is 0 Å². The maximum atomic E-state index is 10.5. The number of aliphatic hydroxyl groups is 1. The van der Waals surface area contributed by atoms with E-state index in [1.165, 1.54) is 56.2 Å². The number of aliphatic hydroxyl groups excluding tert-OH is 1. The first-order chi connectivity index (χ1) is 10.7. The number of benzene rings is 1. The molecule has 3 heteroatoms. The van der Waals surface area contributed by atoms with Crippen LogP contribution in [0.3, 0.4) is 0 Å². The van der Waals surface area contributed by atoms with Crippen LogP contribution in [0, 0.1) is 0 Å². The van der Waals surface area contributed by atoms with E-state index in [1.54, 1.807) is 0 Å². The number of likely N-dealkylation sites (N-methyl/N-ethyl adjacent to an activating group) is 1.